The fraction of sp³-hybridized carbons (Fsp3) is 0.409. The summed E-state index contributed by atoms with van der Waals surface area (Å²) in [5, 5.41) is 14.5. The van der Waals surface area contributed by atoms with Crippen molar-refractivity contribution >= 4 is 29.0 Å². The number of fused-ring (bicyclic) bond motifs is 2. The van der Waals surface area contributed by atoms with Crippen LogP contribution in [-0.2, 0) is 19.0 Å². The van der Waals surface area contributed by atoms with Crippen LogP contribution in [0, 0.1) is 0 Å². The Morgan fingerprint density at radius 1 is 1.09 bits per heavy atom. The molecular formula is C22H24N6O6. The standard InChI is InChI=1S/C22H24N6O6/c1-2-23-22(31)27-18-15-19(25-10-24-18)28(11-26-15)20-17-16(13(32-20)8-9-14(29)30)33-21(34-17)12-6-4-3-5-7-12/h3-7,10-11,13,16-17,20-21H,2,8-9H2,1H3,(H,29,30)(H2,23,24,25,27,31)/t13?,16?,17?,20?,21-/m1/s1. The van der Waals surface area contributed by atoms with Crippen LogP contribution >= 0.6 is 0 Å². The fourth-order valence-electron chi connectivity index (χ4n) is 4.27. The number of carbonyl (C=O) groups is 2. The van der Waals surface area contributed by atoms with Gasteiger partial charge in [0.15, 0.2) is 29.5 Å². The van der Waals surface area contributed by atoms with Crippen molar-refractivity contribution < 1.29 is 28.9 Å². The number of benzene rings is 1. The number of aliphatic carboxylic acids is 1. The summed E-state index contributed by atoms with van der Waals surface area (Å²) in [7, 11) is 0. The molecule has 3 N–H and O–H groups in total. The van der Waals surface area contributed by atoms with Gasteiger partial charge in [0.1, 0.15) is 18.5 Å². The Bertz CT molecular complexity index is 1190. The zero-order valence-electron chi connectivity index (χ0n) is 18.3. The first-order valence-corrected chi connectivity index (χ1v) is 11.0. The number of nitrogens with zero attached hydrogens (tertiary/aromatic N) is 4. The van der Waals surface area contributed by atoms with Crippen LogP contribution in [-0.4, -0.2) is 61.5 Å². The maximum absolute atomic E-state index is 12.0. The average Bonchev–Trinajstić information content (AvgIpc) is 3.53. The summed E-state index contributed by atoms with van der Waals surface area (Å²) < 4.78 is 20.4. The number of carbonyl (C=O) groups excluding carboxylic acids is 1. The van der Waals surface area contributed by atoms with Crippen LogP contribution in [0.3, 0.4) is 0 Å². The Labute approximate surface area is 194 Å². The van der Waals surface area contributed by atoms with Gasteiger partial charge in [-0.3, -0.25) is 14.7 Å². The molecule has 2 aliphatic rings. The van der Waals surface area contributed by atoms with Crippen molar-refractivity contribution in [2.75, 3.05) is 11.9 Å². The summed E-state index contributed by atoms with van der Waals surface area (Å²) in [6.45, 7) is 2.27. The lowest BCUT2D eigenvalue weighted by atomic mass is 10.1. The first-order chi connectivity index (χ1) is 16.5. The number of urea groups is 1. The largest absolute Gasteiger partial charge is 0.481 e. The summed E-state index contributed by atoms with van der Waals surface area (Å²) in [5.41, 5.74) is 1.69. The van der Waals surface area contributed by atoms with E-state index in [-0.39, 0.29) is 18.7 Å². The molecule has 2 fully saturated rings. The topological polar surface area (TPSA) is 150 Å². The number of rotatable bonds is 7. The highest BCUT2D eigenvalue weighted by Gasteiger charge is 2.53. The molecule has 0 saturated carbocycles. The second-order valence-corrected chi connectivity index (χ2v) is 7.97. The quantitative estimate of drug-likeness (QED) is 0.474. The van der Waals surface area contributed by atoms with Gasteiger partial charge in [-0.15, -0.1) is 0 Å². The molecule has 0 aliphatic carbocycles. The van der Waals surface area contributed by atoms with Crippen molar-refractivity contribution in [2.45, 2.75) is 50.6 Å². The fourth-order valence-corrected chi connectivity index (χ4v) is 4.27. The van der Waals surface area contributed by atoms with Gasteiger partial charge in [0.05, 0.1) is 12.4 Å². The maximum atomic E-state index is 12.0. The smallest absolute Gasteiger partial charge is 0.320 e. The number of ether oxygens (including phenoxy) is 3. The molecule has 2 saturated heterocycles. The van der Waals surface area contributed by atoms with Crippen LogP contribution in [0.5, 0.6) is 0 Å². The van der Waals surface area contributed by atoms with E-state index in [1.165, 1.54) is 6.33 Å². The Kier molecular flexibility index (Phi) is 6.09. The minimum atomic E-state index is -0.913. The SMILES string of the molecule is CCNC(=O)Nc1ncnc2c1ncn2C1OC(CCC(=O)O)C2O[C@@H](c3ccccc3)OC21. The Balaban J connectivity index is 1.45. The molecule has 1 aromatic carbocycles. The minimum Gasteiger partial charge on any atom is -0.481 e. The van der Waals surface area contributed by atoms with E-state index in [2.05, 4.69) is 25.6 Å². The van der Waals surface area contributed by atoms with Crippen molar-refractivity contribution in [1.82, 2.24) is 24.8 Å². The molecule has 2 amide bonds. The Morgan fingerprint density at radius 2 is 1.88 bits per heavy atom. The van der Waals surface area contributed by atoms with E-state index in [0.717, 1.165) is 5.56 Å². The first-order valence-electron chi connectivity index (χ1n) is 11.0. The Morgan fingerprint density at radius 3 is 2.65 bits per heavy atom. The van der Waals surface area contributed by atoms with Gasteiger partial charge in [0.25, 0.3) is 0 Å². The van der Waals surface area contributed by atoms with Crippen molar-refractivity contribution in [3.05, 3.63) is 48.5 Å². The number of aromatic nitrogens is 4. The number of amides is 2. The molecule has 0 spiro atoms. The summed E-state index contributed by atoms with van der Waals surface area (Å²) in [4.78, 5) is 36.0. The number of hydrogen-bond acceptors (Lipinski definition) is 8. The maximum Gasteiger partial charge on any atom is 0.320 e. The molecule has 34 heavy (non-hydrogen) atoms. The summed E-state index contributed by atoms with van der Waals surface area (Å²) in [6.07, 6.45) is 0.337. The van der Waals surface area contributed by atoms with Crippen molar-refractivity contribution in [3.63, 3.8) is 0 Å². The summed E-state index contributed by atoms with van der Waals surface area (Å²) in [5.74, 6) is -0.651. The molecule has 2 aliphatic heterocycles. The lowest BCUT2D eigenvalue weighted by Gasteiger charge is -2.21. The molecule has 0 bridgehead atoms. The van der Waals surface area contributed by atoms with Gasteiger partial charge < -0.3 is 24.6 Å². The molecule has 3 aromatic rings. The first kappa shape index (κ1) is 22.2. The van der Waals surface area contributed by atoms with E-state index < -0.39 is 42.8 Å². The summed E-state index contributed by atoms with van der Waals surface area (Å²) >= 11 is 0. The van der Waals surface area contributed by atoms with E-state index in [4.69, 9.17) is 14.2 Å². The number of carboxylic acids is 1. The van der Waals surface area contributed by atoms with Crippen molar-refractivity contribution in [3.8, 4) is 0 Å². The molecule has 5 rings (SSSR count). The molecule has 4 unspecified atom stereocenters. The third-order valence-corrected chi connectivity index (χ3v) is 5.76. The van der Waals surface area contributed by atoms with E-state index in [1.807, 2.05) is 37.3 Å². The number of hydrogen-bond donors (Lipinski definition) is 3. The van der Waals surface area contributed by atoms with E-state index >= 15 is 0 Å². The molecule has 178 valence electrons. The minimum absolute atomic E-state index is 0.0621. The predicted octanol–water partition coefficient (Wildman–Crippen LogP) is 2.21. The van der Waals surface area contributed by atoms with Crippen molar-refractivity contribution in [1.29, 1.82) is 0 Å². The lowest BCUT2D eigenvalue weighted by molar-refractivity contribution is -0.151. The van der Waals surface area contributed by atoms with Gasteiger partial charge in [-0.2, -0.15) is 0 Å². The third kappa shape index (κ3) is 4.18. The third-order valence-electron chi connectivity index (χ3n) is 5.76. The Hall–Kier alpha value is -3.61. The normalized spacial score (nSPS) is 25.9. The molecule has 2 aromatic heterocycles. The molecule has 12 nitrogen and oxygen atoms in total. The monoisotopic (exact) mass is 468 g/mol. The highest BCUT2D eigenvalue weighted by Crippen LogP contribution is 2.45. The molecule has 5 atom stereocenters. The van der Waals surface area contributed by atoms with Gasteiger partial charge >= 0.3 is 12.0 Å². The lowest BCUT2D eigenvalue weighted by Crippen LogP contribution is -2.29. The van der Waals surface area contributed by atoms with E-state index in [9.17, 15) is 14.7 Å². The van der Waals surface area contributed by atoms with Crippen LogP contribution in [0.25, 0.3) is 11.2 Å². The highest BCUT2D eigenvalue weighted by atomic mass is 16.8. The van der Waals surface area contributed by atoms with Crippen LogP contribution in [0.2, 0.25) is 0 Å². The molecule has 0 radical (unpaired) electrons. The van der Waals surface area contributed by atoms with Gasteiger partial charge in [0, 0.05) is 18.5 Å². The zero-order chi connectivity index (χ0) is 23.7. The average molecular weight is 468 g/mol. The number of nitrogens with one attached hydrogen (secondary N) is 2. The number of imidazole rings is 1. The van der Waals surface area contributed by atoms with Crippen molar-refractivity contribution in [2.24, 2.45) is 0 Å². The number of anilines is 1. The van der Waals surface area contributed by atoms with Crippen LogP contribution in [0.4, 0.5) is 10.6 Å². The predicted molar refractivity (Wildman–Crippen MR) is 118 cm³/mol. The van der Waals surface area contributed by atoms with Crippen LogP contribution in [0.15, 0.2) is 43.0 Å². The van der Waals surface area contributed by atoms with Gasteiger partial charge in [-0.05, 0) is 13.3 Å². The van der Waals surface area contributed by atoms with E-state index in [0.29, 0.717) is 17.7 Å². The molecular weight excluding hydrogens is 444 g/mol. The molecule has 12 heteroatoms. The highest BCUT2D eigenvalue weighted by molar-refractivity contribution is 5.95. The number of carboxylic acid groups (broad SMARTS) is 1. The molecule has 4 heterocycles. The summed E-state index contributed by atoms with van der Waals surface area (Å²) in [6, 6.07) is 9.12. The second kappa shape index (κ2) is 9.33. The van der Waals surface area contributed by atoms with Crippen LogP contribution in [0.1, 0.15) is 37.8 Å². The zero-order valence-corrected chi connectivity index (χ0v) is 18.3. The van der Waals surface area contributed by atoms with Gasteiger partial charge in [-0.1, -0.05) is 30.3 Å². The van der Waals surface area contributed by atoms with Crippen LogP contribution < -0.4 is 10.6 Å². The van der Waals surface area contributed by atoms with Gasteiger partial charge in [0.2, 0.25) is 0 Å². The second-order valence-electron chi connectivity index (χ2n) is 7.97. The van der Waals surface area contributed by atoms with E-state index in [1.54, 1.807) is 10.9 Å². The van der Waals surface area contributed by atoms with Gasteiger partial charge in [-0.25, -0.2) is 19.7 Å².